The van der Waals surface area contributed by atoms with Crippen LogP contribution in [0.1, 0.15) is 115 Å². The van der Waals surface area contributed by atoms with Gasteiger partial charge in [0.15, 0.2) is 0 Å². The fourth-order valence-corrected chi connectivity index (χ4v) is 10.2. The molecule has 1 unspecified atom stereocenters. The zero-order chi connectivity index (χ0) is 38.2. The van der Waals surface area contributed by atoms with Gasteiger partial charge in [-0.3, -0.25) is 0 Å². The Morgan fingerprint density at radius 2 is 1.31 bits per heavy atom. The summed E-state index contributed by atoms with van der Waals surface area (Å²) >= 11 is 9.90. The van der Waals surface area contributed by atoms with E-state index >= 15 is 0 Å². The summed E-state index contributed by atoms with van der Waals surface area (Å²) in [4.78, 5) is 0. The second kappa shape index (κ2) is 16.8. The molecule has 3 aliphatic rings. The first kappa shape index (κ1) is 41.8. The zero-order valence-corrected chi connectivity index (χ0v) is 39.0. The van der Waals surface area contributed by atoms with Gasteiger partial charge in [-0.1, -0.05) is 26.7 Å². The normalized spacial score (nSPS) is 18.9. The van der Waals surface area contributed by atoms with Crippen molar-refractivity contribution < 1.29 is 37.6 Å². The van der Waals surface area contributed by atoms with Crippen molar-refractivity contribution in [3.05, 3.63) is 78.2 Å². The van der Waals surface area contributed by atoms with Crippen molar-refractivity contribution in [2.24, 2.45) is 0 Å². The second-order valence-corrected chi connectivity index (χ2v) is 24.3. The molecule has 3 aromatic carbocycles. The molecular formula is C43H57Br2FMoNO3Si-. The van der Waals surface area contributed by atoms with Crippen LogP contribution < -0.4 is 13.9 Å². The molecule has 52 heavy (non-hydrogen) atoms. The number of benzene rings is 3. The van der Waals surface area contributed by atoms with E-state index in [0.29, 0.717) is 17.8 Å². The first-order chi connectivity index (χ1) is 24.4. The van der Waals surface area contributed by atoms with Gasteiger partial charge in [0.05, 0.1) is 0 Å². The van der Waals surface area contributed by atoms with E-state index in [4.69, 9.17) is 13.9 Å². The van der Waals surface area contributed by atoms with Crippen LogP contribution in [0.15, 0.2) is 39.3 Å². The SMILES string of the molecule is CC1CC[C@@H](C)[N-]1.COc1ccc(F)cc1C(C)(C)[C](=[Mo])Oc1c(Br)cc2c(c1-c1c3c(cc(Br)c1O[Si](C)(C)C(C)(C)C)CCCC3)CCCC2. The van der Waals surface area contributed by atoms with Crippen LogP contribution in [-0.4, -0.2) is 31.6 Å². The molecule has 2 atom stereocenters. The molecular weight excluding hydrogens is 881 g/mol. The molecule has 3 aromatic rings. The van der Waals surface area contributed by atoms with Crippen LogP contribution in [0.3, 0.4) is 0 Å². The van der Waals surface area contributed by atoms with Gasteiger partial charge in [0, 0.05) is 0 Å². The van der Waals surface area contributed by atoms with Crippen molar-refractivity contribution in [2.75, 3.05) is 7.11 Å². The van der Waals surface area contributed by atoms with Crippen LogP contribution in [0.4, 0.5) is 4.39 Å². The topological polar surface area (TPSA) is 41.8 Å². The van der Waals surface area contributed by atoms with E-state index in [9.17, 15) is 4.39 Å². The Balaban J connectivity index is 0.000000668. The molecule has 1 heterocycles. The molecule has 0 aromatic heterocycles. The summed E-state index contributed by atoms with van der Waals surface area (Å²) in [7, 11) is -0.584. The van der Waals surface area contributed by atoms with Crippen molar-refractivity contribution in [3.63, 3.8) is 0 Å². The number of methoxy groups -OCH3 is 1. The number of halogens is 3. The molecule has 1 aliphatic heterocycles. The molecule has 1 saturated heterocycles. The van der Waals surface area contributed by atoms with Crippen LogP contribution in [0.25, 0.3) is 16.4 Å². The van der Waals surface area contributed by atoms with Gasteiger partial charge >= 0.3 is 300 Å². The molecule has 0 radical (unpaired) electrons. The fraction of sp³-hybridized carbons (Fsp3) is 0.558. The van der Waals surface area contributed by atoms with E-state index in [1.54, 1.807) is 19.2 Å². The third-order valence-corrected chi connectivity index (χ3v) is 18.5. The number of fused-ring (bicyclic) bond motifs is 2. The molecule has 6 rings (SSSR count). The average molecular weight is 939 g/mol. The number of hydrogen-bond donors (Lipinski definition) is 0. The van der Waals surface area contributed by atoms with Gasteiger partial charge in [0.1, 0.15) is 0 Å². The molecule has 9 heteroatoms. The van der Waals surface area contributed by atoms with E-state index < -0.39 is 13.7 Å². The molecule has 4 nitrogen and oxygen atoms in total. The Labute approximate surface area is 341 Å². The second-order valence-electron chi connectivity index (χ2n) is 17.0. The molecule has 0 saturated carbocycles. The predicted molar refractivity (Wildman–Crippen MR) is 222 cm³/mol. The number of nitrogens with zero attached hydrogens (tertiary/aromatic N) is 1. The zero-order valence-electron chi connectivity index (χ0n) is 32.8. The van der Waals surface area contributed by atoms with Crippen LogP contribution in [-0.2, 0) is 50.5 Å². The summed E-state index contributed by atoms with van der Waals surface area (Å²) in [5, 5.41) is 4.43. The summed E-state index contributed by atoms with van der Waals surface area (Å²) in [6.07, 6.45) is 11.4. The van der Waals surface area contributed by atoms with Crippen molar-refractivity contribution >= 4 is 44.3 Å². The first-order valence-electron chi connectivity index (χ1n) is 19.0. The van der Waals surface area contributed by atoms with Gasteiger partial charge < -0.3 is 5.32 Å². The van der Waals surface area contributed by atoms with E-state index in [-0.39, 0.29) is 10.9 Å². The van der Waals surface area contributed by atoms with Crippen molar-refractivity contribution in [3.8, 4) is 28.4 Å². The summed E-state index contributed by atoms with van der Waals surface area (Å²) in [6, 6.07) is 10.6. The van der Waals surface area contributed by atoms with Crippen LogP contribution in [0, 0.1) is 5.82 Å². The molecule has 0 bridgehead atoms. The maximum absolute atomic E-state index is 14.6. The van der Waals surface area contributed by atoms with Crippen molar-refractivity contribution in [1.29, 1.82) is 0 Å². The Hall–Kier alpha value is -1.31. The molecule has 0 amide bonds. The number of aryl methyl sites for hydroxylation is 2. The average Bonchev–Trinajstić information content (AvgIpc) is 3.47. The molecule has 284 valence electrons. The number of rotatable bonds is 8. The van der Waals surface area contributed by atoms with E-state index in [1.807, 2.05) is 19.4 Å². The third kappa shape index (κ3) is 9.04. The van der Waals surface area contributed by atoms with Crippen molar-refractivity contribution in [1.82, 2.24) is 0 Å². The summed E-state index contributed by atoms with van der Waals surface area (Å²) in [6.45, 7) is 20.0. The van der Waals surface area contributed by atoms with Gasteiger partial charge in [-0.2, -0.15) is 0 Å². The van der Waals surface area contributed by atoms with Crippen LogP contribution in [0.2, 0.25) is 18.1 Å². The maximum atomic E-state index is 14.6. The first-order valence-corrected chi connectivity index (χ1v) is 24.5. The minimum atomic E-state index is -2.21. The quantitative estimate of drug-likeness (QED) is 0.211. The molecule has 1 fully saturated rings. The van der Waals surface area contributed by atoms with Gasteiger partial charge in [-0.05, 0) is 0 Å². The van der Waals surface area contributed by atoms with Gasteiger partial charge in [0.25, 0.3) is 0 Å². The predicted octanol–water partition coefficient (Wildman–Crippen LogP) is 13.1. The van der Waals surface area contributed by atoms with E-state index in [2.05, 4.69) is 111 Å². The number of hydrogen-bond acceptors (Lipinski definition) is 3. The Kier molecular flexibility index (Phi) is 13.5. The van der Waals surface area contributed by atoms with Crippen LogP contribution in [0.5, 0.6) is 17.2 Å². The molecule has 0 spiro atoms. The van der Waals surface area contributed by atoms with Gasteiger partial charge in [0.2, 0.25) is 0 Å². The molecule has 0 N–H and O–H groups in total. The summed E-state index contributed by atoms with van der Waals surface area (Å²) in [5.74, 6) is 2.10. The minimum absolute atomic E-state index is 0.0362. The Bertz CT molecular complexity index is 1800. The van der Waals surface area contributed by atoms with Crippen molar-refractivity contribution in [2.45, 2.75) is 148 Å². The monoisotopic (exact) mass is 938 g/mol. The third-order valence-electron chi connectivity index (χ3n) is 11.6. The van der Waals surface area contributed by atoms with Crippen LogP contribution >= 0.6 is 31.9 Å². The standard InChI is InChI=1S/C37H45Br2FO3Si.C6H12N.Mo/c1-36(2,3)44(7,8)43-35-30(39)20-24-14-10-12-16-27(24)33(35)32-26-15-11-9-13-23(26)19-29(38)34(32)42-22-37(4,5)28-21-25(40)17-18-31(28)41-6;1-5-3-4-6(2)7-5;/h17-21H,9-16H2,1-8H3;5-6H,3-4H2,1-2H3;/q;-1;/t;5-,6?;/m.1./s1. The number of ether oxygens (including phenoxy) is 2. The Morgan fingerprint density at radius 3 is 1.79 bits per heavy atom. The van der Waals surface area contributed by atoms with Gasteiger partial charge in [-0.25, -0.2) is 0 Å². The molecule has 2 aliphatic carbocycles. The summed E-state index contributed by atoms with van der Waals surface area (Å²) in [5.41, 5.74) is 7.97. The van der Waals surface area contributed by atoms with E-state index in [1.165, 1.54) is 59.6 Å². The Morgan fingerprint density at radius 1 is 0.808 bits per heavy atom. The summed E-state index contributed by atoms with van der Waals surface area (Å²) < 4.78 is 37.3. The van der Waals surface area contributed by atoms with E-state index in [0.717, 1.165) is 74.2 Å². The fourth-order valence-electron chi connectivity index (χ4n) is 7.40. The van der Waals surface area contributed by atoms with Gasteiger partial charge in [-0.15, -0.1) is 12.1 Å².